The van der Waals surface area contributed by atoms with Gasteiger partial charge in [0, 0.05) is 42.2 Å². The van der Waals surface area contributed by atoms with Crippen molar-refractivity contribution >= 4 is 27.5 Å². The average Bonchev–Trinajstić information content (AvgIpc) is 3.71. The second-order valence-corrected chi connectivity index (χ2v) is 14.2. The molecular formula is C36H33F5N6O3. The number of rotatable bonds is 5. The Morgan fingerprint density at radius 1 is 1.08 bits per heavy atom. The predicted octanol–water partition coefficient (Wildman–Crippen LogP) is 5.59. The van der Waals surface area contributed by atoms with Gasteiger partial charge >= 0.3 is 12.4 Å². The molecule has 7 heterocycles. The van der Waals surface area contributed by atoms with Crippen molar-refractivity contribution in [3.8, 4) is 35.4 Å². The number of fused-ring (bicyclic) bond motifs is 7. The van der Waals surface area contributed by atoms with Crippen LogP contribution in [0.5, 0.6) is 11.8 Å². The number of pyridine rings is 1. The van der Waals surface area contributed by atoms with Gasteiger partial charge in [-0.1, -0.05) is 12.0 Å². The first-order valence-corrected chi connectivity index (χ1v) is 17.0. The second-order valence-electron chi connectivity index (χ2n) is 14.2. The van der Waals surface area contributed by atoms with Gasteiger partial charge in [0.1, 0.15) is 35.2 Å². The monoisotopic (exact) mass is 692 g/mol. The summed E-state index contributed by atoms with van der Waals surface area (Å²) in [4.78, 5) is 18.5. The van der Waals surface area contributed by atoms with E-state index in [-0.39, 0.29) is 77.2 Å². The van der Waals surface area contributed by atoms with Gasteiger partial charge in [-0.3, -0.25) is 9.64 Å². The maximum atomic E-state index is 17.1. The molecule has 0 unspecified atom stereocenters. The van der Waals surface area contributed by atoms with Crippen LogP contribution in [-0.2, 0) is 11.2 Å². The molecule has 260 valence electrons. The highest BCUT2D eigenvalue weighted by atomic mass is 19.4. The number of piperazine rings is 1. The number of halogens is 5. The van der Waals surface area contributed by atoms with E-state index in [1.54, 1.807) is 0 Å². The third kappa shape index (κ3) is 5.04. The van der Waals surface area contributed by atoms with Crippen LogP contribution in [0.2, 0.25) is 0 Å². The highest BCUT2D eigenvalue weighted by molar-refractivity contribution is 6.03. The summed E-state index contributed by atoms with van der Waals surface area (Å²) in [6.07, 6.45) is 4.67. The molecule has 5 atom stereocenters. The van der Waals surface area contributed by atoms with Gasteiger partial charge in [-0.15, -0.1) is 19.6 Å². The van der Waals surface area contributed by atoms with Gasteiger partial charge in [0.05, 0.1) is 28.3 Å². The van der Waals surface area contributed by atoms with E-state index in [2.05, 4.69) is 25.9 Å². The molecular weight excluding hydrogens is 659 g/mol. The Kier molecular flexibility index (Phi) is 7.18. The molecule has 2 N–H and O–H groups in total. The van der Waals surface area contributed by atoms with Crippen LogP contribution in [-0.4, -0.2) is 87.3 Å². The fourth-order valence-electron chi connectivity index (χ4n) is 9.30. The zero-order valence-corrected chi connectivity index (χ0v) is 26.9. The zero-order valence-electron chi connectivity index (χ0n) is 26.9. The number of aromatic nitrogens is 3. The van der Waals surface area contributed by atoms with Gasteiger partial charge < -0.3 is 20.1 Å². The minimum Gasteiger partial charge on any atom is -0.508 e. The third-order valence-corrected chi connectivity index (χ3v) is 11.3. The fraction of sp³-hybridized carbons (Fsp3) is 0.472. The number of nitrogens with zero attached hydrogens (tertiary/aromatic N) is 5. The number of phenols is 1. The summed E-state index contributed by atoms with van der Waals surface area (Å²) in [7, 11) is 0. The number of aryl methyl sites for hydroxylation is 1. The maximum absolute atomic E-state index is 17.1. The molecule has 4 fully saturated rings. The number of anilines is 1. The number of terminal acetylenes is 1. The van der Waals surface area contributed by atoms with Crippen molar-refractivity contribution in [3.05, 3.63) is 47.2 Å². The van der Waals surface area contributed by atoms with Crippen molar-refractivity contribution in [1.29, 1.82) is 0 Å². The number of nitrogens with one attached hydrogen (secondary N) is 1. The fourth-order valence-corrected chi connectivity index (χ4v) is 9.30. The van der Waals surface area contributed by atoms with E-state index >= 15 is 8.78 Å². The Hall–Kier alpha value is -4.32. The molecule has 0 aliphatic carbocycles. The molecule has 4 saturated heterocycles. The van der Waals surface area contributed by atoms with E-state index in [9.17, 15) is 18.3 Å². The van der Waals surface area contributed by atoms with E-state index in [4.69, 9.17) is 21.1 Å². The van der Waals surface area contributed by atoms with Crippen LogP contribution in [0, 0.1) is 24.0 Å². The molecule has 2 bridgehead atoms. The molecule has 0 saturated carbocycles. The summed E-state index contributed by atoms with van der Waals surface area (Å²) in [5.41, 5.74) is -0.299. The average molecular weight is 693 g/mol. The lowest BCUT2D eigenvalue weighted by molar-refractivity contribution is -0.340. The van der Waals surface area contributed by atoms with Crippen molar-refractivity contribution in [2.24, 2.45) is 0 Å². The Bertz CT molecular complexity index is 2110. The lowest BCUT2D eigenvalue weighted by atomic mass is 9.94. The Balaban J connectivity index is 1.19. The highest BCUT2D eigenvalue weighted by Gasteiger charge is 2.52. The molecule has 0 spiro atoms. The van der Waals surface area contributed by atoms with Crippen LogP contribution in [0.1, 0.15) is 49.8 Å². The van der Waals surface area contributed by atoms with Crippen molar-refractivity contribution in [3.63, 3.8) is 0 Å². The van der Waals surface area contributed by atoms with Crippen LogP contribution < -0.4 is 15.0 Å². The Morgan fingerprint density at radius 2 is 1.94 bits per heavy atom. The summed E-state index contributed by atoms with van der Waals surface area (Å²) >= 11 is 0. The van der Waals surface area contributed by atoms with E-state index < -0.39 is 29.6 Å². The largest absolute Gasteiger partial charge is 0.522 e. The highest BCUT2D eigenvalue weighted by Crippen LogP contribution is 2.45. The molecule has 4 aromatic rings. The van der Waals surface area contributed by atoms with Crippen LogP contribution in [0.3, 0.4) is 0 Å². The summed E-state index contributed by atoms with van der Waals surface area (Å²) < 4.78 is 82.2. The molecule has 50 heavy (non-hydrogen) atoms. The molecule has 2 aromatic heterocycles. The van der Waals surface area contributed by atoms with Crippen LogP contribution in [0.15, 0.2) is 24.3 Å². The first kappa shape index (κ1) is 31.6. The molecule has 0 amide bonds. The topological polar surface area (TPSA) is 95.9 Å². The molecule has 5 aliphatic rings. The zero-order chi connectivity index (χ0) is 34.5. The van der Waals surface area contributed by atoms with Crippen LogP contribution in [0.25, 0.3) is 32.9 Å². The molecule has 9 rings (SSSR count). The van der Waals surface area contributed by atoms with E-state index in [0.29, 0.717) is 54.6 Å². The van der Waals surface area contributed by atoms with Gasteiger partial charge in [-0.2, -0.15) is 9.97 Å². The Labute approximate surface area is 283 Å². The van der Waals surface area contributed by atoms with Gasteiger partial charge in [0.2, 0.25) is 0 Å². The summed E-state index contributed by atoms with van der Waals surface area (Å²) in [5, 5.41) is 15.5. The first-order valence-electron chi connectivity index (χ1n) is 17.0. The molecule has 2 aromatic carbocycles. The second kappa shape index (κ2) is 11.3. The first-order chi connectivity index (χ1) is 24.0. The number of phenolic OH excluding ortho intramolecular Hbond substituents is 1. The van der Waals surface area contributed by atoms with Gasteiger partial charge in [-0.05, 0) is 75.1 Å². The smallest absolute Gasteiger partial charge is 0.508 e. The van der Waals surface area contributed by atoms with E-state index in [1.165, 1.54) is 24.3 Å². The third-order valence-electron chi connectivity index (χ3n) is 11.3. The summed E-state index contributed by atoms with van der Waals surface area (Å²) in [6.45, 7) is 1.39. The number of hydrogen-bond acceptors (Lipinski definition) is 9. The van der Waals surface area contributed by atoms with Crippen molar-refractivity contribution in [2.45, 2.75) is 81.1 Å². The number of ether oxygens (including phenoxy) is 2. The minimum atomic E-state index is -4.75. The number of hydrogen-bond donors (Lipinski definition) is 2. The molecule has 14 heteroatoms. The van der Waals surface area contributed by atoms with E-state index in [0.717, 1.165) is 19.3 Å². The number of aromatic hydroxyl groups is 1. The van der Waals surface area contributed by atoms with Gasteiger partial charge in [0.15, 0.2) is 5.82 Å². The number of alkyl halides is 3. The quantitative estimate of drug-likeness (QED) is 0.205. The summed E-state index contributed by atoms with van der Waals surface area (Å²) in [6, 6.07) is 5.80. The Morgan fingerprint density at radius 3 is 2.76 bits per heavy atom. The van der Waals surface area contributed by atoms with Crippen LogP contribution in [0.4, 0.5) is 27.8 Å². The molecule has 0 radical (unpaired) electrons. The molecule has 9 nitrogen and oxygen atoms in total. The van der Waals surface area contributed by atoms with Crippen molar-refractivity contribution < 1.29 is 36.5 Å². The lowest BCUT2D eigenvalue weighted by Crippen LogP contribution is -2.58. The van der Waals surface area contributed by atoms with Crippen molar-refractivity contribution in [2.75, 3.05) is 31.1 Å². The standard InChI is InChI=1S/C36H33F5N6O3/c1-2-22-24(37)6-4-18-12-20(48)13-23(28(18)22)31-30(38)32-29-26(43-31)8-9-27-25-7-5-19(42-25)15-47(27)33(29)45-34(44-32)49-17-35-10-3-11-46(35)16-21(14-35)50-36(39,40)41/h1,4,6,12-13,19,21,25,27,42,48H,3,5,7-11,14-17H2/t19-,21+,25+,27-,35-/m1/s1. The molecule has 5 aliphatic heterocycles. The normalized spacial score (nSPS) is 27.4. The van der Waals surface area contributed by atoms with Crippen molar-refractivity contribution in [1.82, 2.24) is 25.2 Å². The lowest BCUT2D eigenvalue weighted by Gasteiger charge is -2.41. The SMILES string of the molecule is C#Cc1c(F)ccc2cc(O)cc(-c3nc4c5c(nc(OC[C@]67CCCN6C[C@@H](OC(F)(F)F)C7)nc5c3F)N3C[C@H]5CC[C@H](N5)[C@H]3CC4)c12. The predicted molar refractivity (Wildman–Crippen MR) is 174 cm³/mol. The van der Waals surface area contributed by atoms with Gasteiger partial charge in [0.25, 0.3) is 0 Å². The minimum absolute atomic E-state index is 0.000314. The van der Waals surface area contributed by atoms with Crippen LogP contribution >= 0.6 is 0 Å². The number of benzene rings is 2. The summed E-state index contributed by atoms with van der Waals surface area (Å²) in [5.74, 6) is 1.22. The van der Waals surface area contributed by atoms with Gasteiger partial charge in [-0.25, -0.2) is 13.8 Å². The maximum Gasteiger partial charge on any atom is 0.522 e. The van der Waals surface area contributed by atoms with E-state index in [1.807, 2.05) is 4.90 Å².